The highest BCUT2D eigenvalue weighted by atomic mass is 35.5. The Labute approximate surface area is 154 Å². The Bertz CT molecular complexity index is 721. The van der Waals surface area contributed by atoms with Crippen molar-refractivity contribution in [2.75, 3.05) is 6.61 Å². The van der Waals surface area contributed by atoms with Gasteiger partial charge in [-0.3, -0.25) is 4.79 Å². The second kappa shape index (κ2) is 8.26. The number of carbonyl (C=O) groups excluding carboxylic acids is 1. The van der Waals surface area contributed by atoms with Crippen molar-refractivity contribution in [1.29, 1.82) is 0 Å². The Kier molecular flexibility index (Phi) is 6.32. The molecule has 1 amide bonds. The van der Waals surface area contributed by atoms with E-state index in [0.29, 0.717) is 35.3 Å². The largest absolute Gasteiger partial charge is 0.493 e. The molecule has 0 fully saturated rings. The van der Waals surface area contributed by atoms with Crippen molar-refractivity contribution in [2.24, 2.45) is 0 Å². The maximum Gasteiger partial charge on any atom is 0.251 e. The van der Waals surface area contributed by atoms with Gasteiger partial charge in [0, 0.05) is 21.7 Å². The lowest BCUT2D eigenvalue weighted by molar-refractivity contribution is 0.0919. The first-order valence-electron chi connectivity index (χ1n) is 8.25. The van der Waals surface area contributed by atoms with E-state index in [-0.39, 0.29) is 11.4 Å². The third-order valence-corrected chi connectivity index (χ3v) is 3.57. The fraction of sp³-hybridized carbons (Fsp3) is 0.350. The SMILES string of the molecule is CCOc1ccc(C(=O)NC(C)(C)C)cc1COc1ccc(Cl)cc1. The lowest BCUT2D eigenvalue weighted by Crippen LogP contribution is -2.40. The summed E-state index contributed by atoms with van der Waals surface area (Å²) in [4.78, 5) is 12.4. The van der Waals surface area contributed by atoms with Crippen LogP contribution in [0, 0.1) is 0 Å². The van der Waals surface area contributed by atoms with Gasteiger partial charge in [0.1, 0.15) is 18.1 Å². The molecule has 4 nitrogen and oxygen atoms in total. The molecule has 0 unspecified atom stereocenters. The Morgan fingerprint density at radius 2 is 1.76 bits per heavy atom. The molecule has 2 aromatic carbocycles. The Hall–Kier alpha value is -2.20. The summed E-state index contributed by atoms with van der Waals surface area (Å²) in [7, 11) is 0. The van der Waals surface area contributed by atoms with Gasteiger partial charge in [-0.2, -0.15) is 0 Å². The zero-order valence-corrected chi connectivity index (χ0v) is 15.8. The molecule has 25 heavy (non-hydrogen) atoms. The standard InChI is InChI=1S/C20H24ClNO3/c1-5-24-18-11-6-14(19(23)22-20(2,3)4)12-15(18)13-25-17-9-7-16(21)8-10-17/h6-12H,5,13H2,1-4H3,(H,22,23). The number of amides is 1. The third-order valence-electron chi connectivity index (χ3n) is 3.32. The molecular formula is C20H24ClNO3. The molecule has 1 N–H and O–H groups in total. The van der Waals surface area contributed by atoms with Crippen LogP contribution in [-0.4, -0.2) is 18.1 Å². The van der Waals surface area contributed by atoms with Gasteiger partial charge < -0.3 is 14.8 Å². The van der Waals surface area contributed by atoms with Crippen molar-refractivity contribution < 1.29 is 14.3 Å². The van der Waals surface area contributed by atoms with Gasteiger partial charge in [0.15, 0.2) is 0 Å². The molecule has 0 heterocycles. The van der Waals surface area contributed by atoms with Gasteiger partial charge in [0.2, 0.25) is 0 Å². The molecule has 0 aliphatic rings. The number of hydrogen-bond donors (Lipinski definition) is 1. The third kappa shape index (κ3) is 5.98. The predicted octanol–water partition coefficient (Wildman–Crippen LogP) is 4.85. The van der Waals surface area contributed by atoms with Gasteiger partial charge in [-0.25, -0.2) is 0 Å². The minimum atomic E-state index is -0.296. The summed E-state index contributed by atoms with van der Waals surface area (Å²) in [5.74, 6) is 1.29. The van der Waals surface area contributed by atoms with Crippen molar-refractivity contribution >= 4 is 17.5 Å². The van der Waals surface area contributed by atoms with Crippen LogP contribution >= 0.6 is 11.6 Å². The molecule has 134 valence electrons. The number of halogens is 1. The minimum absolute atomic E-state index is 0.122. The van der Waals surface area contributed by atoms with E-state index in [4.69, 9.17) is 21.1 Å². The summed E-state index contributed by atoms with van der Waals surface area (Å²) in [6, 6.07) is 12.5. The first-order valence-corrected chi connectivity index (χ1v) is 8.63. The molecule has 2 aromatic rings. The van der Waals surface area contributed by atoms with E-state index >= 15 is 0 Å². The Morgan fingerprint density at radius 3 is 2.36 bits per heavy atom. The summed E-state index contributed by atoms with van der Waals surface area (Å²) in [6.07, 6.45) is 0. The van der Waals surface area contributed by atoms with Crippen LogP contribution in [0.15, 0.2) is 42.5 Å². The van der Waals surface area contributed by atoms with E-state index in [1.807, 2.05) is 39.8 Å². The molecule has 0 spiro atoms. The quantitative estimate of drug-likeness (QED) is 0.800. The molecule has 5 heteroatoms. The average molecular weight is 362 g/mol. The maximum atomic E-state index is 12.4. The molecule has 0 saturated carbocycles. The van der Waals surface area contributed by atoms with Crippen LogP contribution < -0.4 is 14.8 Å². The van der Waals surface area contributed by atoms with Crippen molar-refractivity contribution in [3.05, 3.63) is 58.6 Å². The number of ether oxygens (including phenoxy) is 2. The molecule has 0 aliphatic carbocycles. The van der Waals surface area contributed by atoms with Gasteiger partial charge in [-0.1, -0.05) is 11.6 Å². The van der Waals surface area contributed by atoms with Gasteiger partial charge in [0.25, 0.3) is 5.91 Å². The second-order valence-corrected chi connectivity index (χ2v) is 7.14. The first kappa shape index (κ1) is 19.1. The molecule has 0 atom stereocenters. The Balaban J connectivity index is 2.19. The van der Waals surface area contributed by atoms with Crippen LogP contribution in [-0.2, 0) is 6.61 Å². The molecule has 0 radical (unpaired) electrons. The van der Waals surface area contributed by atoms with E-state index in [2.05, 4.69) is 5.32 Å². The minimum Gasteiger partial charge on any atom is -0.493 e. The van der Waals surface area contributed by atoms with Crippen LogP contribution in [0.2, 0.25) is 5.02 Å². The van der Waals surface area contributed by atoms with E-state index in [9.17, 15) is 4.79 Å². The Morgan fingerprint density at radius 1 is 1.08 bits per heavy atom. The van der Waals surface area contributed by atoms with Gasteiger partial charge in [0.05, 0.1) is 6.61 Å². The summed E-state index contributed by atoms with van der Waals surface area (Å²) < 4.78 is 11.4. The molecule has 0 aromatic heterocycles. The predicted molar refractivity (Wildman–Crippen MR) is 101 cm³/mol. The summed E-state index contributed by atoms with van der Waals surface area (Å²) in [5.41, 5.74) is 1.10. The number of benzene rings is 2. The van der Waals surface area contributed by atoms with Crippen molar-refractivity contribution in [1.82, 2.24) is 5.32 Å². The van der Waals surface area contributed by atoms with E-state index in [1.165, 1.54) is 0 Å². The molecule has 0 aliphatic heterocycles. The molecule has 2 rings (SSSR count). The van der Waals surface area contributed by atoms with E-state index in [1.54, 1.807) is 30.3 Å². The number of hydrogen-bond acceptors (Lipinski definition) is 3. The maximum absolute atomic E-state index is 12.4. The van der Waals surface area contributed by atoms with Crippen LogP contribution in [0.25, 0.3) is 0 Å². The molecular weight excluding hydrogens is 338 g/mol. The van der Waals surface area contributed by atoms with Crippen LogP contribution in [0.4, 0.5) is 0 Å². The number of carbonyl (C=O) groups is 1. The highest BCUT2D eigenvalue weighted by molar-refractivity contribution is 6.30. The van der Waals surface area contributed by atoms with Crippen LogP contribution in [0.3, 0.4) is 0 Å². The molecule has 0 saturated heterocycles. The summed E-state index contributed by atoms with van der Waals surface area (Å²) >= 11 is 5.88. The lowest BCUT2D eigenvalue weighted by atomic mass is 10.1. The lowest BCUT2D eigenvalue weighted by Gasteiger charge is -2.21. The van der Waals surface area contributed by atoms with Gasteiger partial charge >= 0.3 is 0 Å². The highest BCUT2D eigenvalue weighted by Crippen LogP contribution is 2.24. The van der Waals surface area contributed by atoms with Crippen molar-refractivity contribution in [3.8, 4) is 11.5 Å². The zero-order chi connectivity index (χ0) is 18.4. The first-order chi connectivity index (χ1) is 11.8. The smallest absolute Gasteiger partial charge is 0.251 e. The summed E-state index contributed by atoms with van der Waals surface area (Å²) in [6.45, 7) is 8.61. The highest BCUT2D eigenvalue weighted by Gasteiger charge is 2.17. The fourth-order valence-electron chi connectivity index (χ4n) is 2.23. The van der Waals surface area contributed by atoms with Crippen LogP contribution in [0.5, 0.6) is 11.5 Å². The average Bonchev–Trinajstić information content (AvgIpc) is 2.54. The van der Waals surface area contributed by atoms with E-state index < -0.39 is 0 Å². The topological polar surface area (TPSA) is 47.6 Å². The number of nitrogens with one attached hydrogen (secondary N) is 1. The summed E-state index contributed by atoms with van der Waals surface area (Å²) in [5, 5.41) is 3.61. The molecule has 0 bridgehead atoms. The van der Waals surface area contributed by atoms with Crippen LogP contribution in [0.1, 0.15) is 43.6 Å². The fourth-order valence-corrected chi connectivity index (χ4v) is 2.36. The van der Waals surface area contributed by atoms with Gasteiger partial charge in [-0.05, 0) is 70.2 Å². The second-order valence-electron chi connectivity index (χ2n) is 6.70. The normalized spacial score (nSPS) is 11.1. The zero-order valence-electron chi connectivity index (χ0n) is 15.1. The van der Waals surface area contributed by atoms with E-state index in [0.717, 1.165) is 5.56 Å². The van der Waals surface area contributed by atoms with Gasteiger partial charge in [-0.15, -0.1) is 0 Å². The number of rotatable bonds is 6. The monoisotopic (exact) mass is 361 g/mol. The van der Waals surface area contributed by atoms with Crippen molar-refractivity contribution in [2.45, 2.75) is 39.8 Å². The van der Waals surface area contributed by atoms with Crippen molar-refractivity contribution in [3.63, 3.8) is 0 Å².